The Morgan fingerprint density at radius 1 is 1.12 bits per heavy atom. The van der Waals surface area contributed by atoms with Crippen LogP contribution in [0.5, 0.6) is 17.2 Å². The van der Waals surface area contributed by atoms with Crippen LogP contribution in [-0.2, 0) is 20.7 Å². The van der Waals surface area contributed by atoms with Crippen LogP contribution in [0.2, 0.25) is 0 Å². The van der Waals surface area contributed by atoms with Crippen molar-refractivity contribution in [1.82, 2.24) is 4.90 Å². The molecular formula is C26H28N2O6. The fraction of sp³-hybridized carbons (Fsp3) is 0.385. The SMILES string of the molecule is COc1cc(NC(=O)C2C3C=C[C@@]4(CN(CCc5ccccc5)C(=O)C24)O3)cc(OC)c1OC. The van der Waals surface area contributed by atoms with E-state index in [0.717, 1.165) is 6.42 Å². The first-order chi connectivity index (χ1) is 16.5. The number of amides is 2. The summed E-state index contributed by atoms with van der Waals surface area (Å²) in [5.41, 5.74) is 0.921. The number of nitrogens with zero attached hydrogens (tertiary/aromatic N) is 1. The summed E-state index contributed by atoms with van der Waals surface area (Å²) in [4.78, 5) is 28.7. The average Bonchev–Trinajstić information content (AvgIpc) is 3.50. The van der Waals surface area contributed by atoms with E-state index in [9.17, 15) is 9.59 Å². The number of nitrogens with one attached hydrogen (secondary N) is 1. The van der Waals surface area contributed by atoms with E-state index in [2.05, 4.69) is 17.4 Å². The molecule has 2 saturated heterocycles. The van der Waals surface area contributed by atoms with Gasteiger partial charge in [0.1, 0.15) is 5.60 Å². The second kappa shape index (κ2) is 8.68. The van der Waals surface area contributed by atoms with Crippen molar-refractivity contribution >= 4 is 17.5 Å². The Bertz CT molecular complexity index is 1110. The summed E-state index contributed by atoms with van der Waals surface area (Å²) in [6, 6.07) is 13.4. The van der Waals surface area contributed by atoms with Crippen LogP contribution in [0.1, 0.15) is 5.56 Å². The van der Waals surface area contributed by atoms with E-state index in [1.54, 1.807) is 12.1 Å². The molecule has 4 atom stereocenters. The lowest BCUT2D eigenvalue weighted by Crippen LogP contribution is -2.41. The van der Waals surface area contributed by atoms with Gasteiger partial charge in [0.2, 0.25) is 17.6 Å². The topological polar surface area (TPSA) is 86.3 Å². The Morgan fingerprint density at radius 3 is 2.47 bits per heavy atom. The molecule has 3 aliphatic heterocycles. The number of hydrogen-bond donors (Lipinski definition) is 1. The fourth-order valence-electron chi connectivity index (χ4n) is 5.35. The Hall–Kier alpha value is -3.52. The van der Waals surface area contributed by atoms with Gasteiger partial charge in [-0.2, -0.15) is 0 Å². The van der Waals surface area contributed by atoms with Crippen LogP contribution in [-0.4, -0.2) is 62.8 Å². The molecule has 1 N–H and O–H groups in total. The highest BCUT2D eigenvalue weighted by Crippen LogP contribution is 2.52. The summed E-state index contributed by atoms with van der Waals surface area (Å²) in [5.74, 6) is -0.156. The van der Waals surface area contributed by atoms with Crippen molar-refractivity contribution in [1.29, 1.82) is 0 Å². The van der Waals surface area contributed by atoms with Gasteiger partial charge in [-0.25, -0.2) is 0 Å². The molecule has 0 radical (unpaired) electrons. The van der Waals surface area contributed by atoms with Crippen molar-refractivity contribution in [3.05, 3.63) is 60.2 Å². The molecule has 0 aromatic heterocycles. The van der Waals surface area contributed by atoms with Crippen LogP contribution in [0.4, 0.5) is 5.69 Å². The minimum absolute atomic E-state index is 0.0344. The molecule has 5 rings (SSSR count). The van der Waals surface area contributed by atoms with Crippen molar-refractivity contribution in [3.63, 3.8) is 0 Å². The second-order valence-electron chi connectivity index (χ2n) is 8.80. The molecule has 34 heavy (non-hydrogen) atoms. The van der Waals surface area contributed by atoms with Gasteiger partial charge in [0, 0.05) is 24.4 Å². The van der Waals surface area contributed by atoms with Crippen molar-refractivity contribution in [2.45, 2.75) is 18.1 Å². The minimum Gasteiger partial charge on any atom is -0.493 e. The largest absolute Gasteiger partial charge is 0.493 e. The van der Waals surface area contributed by atoms with Gasteiger partial charge in [-0.05, 0) is 12.0 Å². The van der Waals surface area contributed by atoms with Crippen LogP contribution >= 0.6 is 0 Å². The summed E-state index contributed by atoms with van der Waals surface area (Å²) in [5, 5.41) is 2.93. The number of ether oxygens (including phenoxy) is 4. The van der Waals surface area contributed by atoms with Crippen LogP contribution in [0.3, 0.4) is 0 Å². The maximum Gasteiger partial charge on any atom is 0.231 e. The Balaban J connectivity index is 1.34. The molecule has 178 valence electrons. The van der Waals surface area contributed by atoms with Crippen LogP contribution in [0.25, 0.3) is 0 Å². The summed E-state index contributed by atoms with van der Waals surface area (Å²) < 4.78 is 22.4. The van der Waals surface area contributed by atoms with E-state index in [-0.39, 0.29) is 11.8 Å². The highest BCUT2D eigenvalue weighted by Gasteiger charge is 2.66. The first-order valence-corrected chi connectivity index (χ1v) is 11.3. The van der Waals surface area contributed by atoms with Gasteiger partial charge in [0.25, 0.3) is 0 Å². The number of carbonyl (C=O) groups is 2. The third-order valence-corrected chi connectivity index (χ3v) is 6.93. The highest BCUT2D eigenvalue weighted by molar-refractivity contribution is 5.99. The first kappa shape index (κ1) is 22.3. The molecule has 2 fully saturated rings. The van der Waals surface area contributed by atoms with E-state index in [1.165, 1.54) is 26.9 Å². The predicted molar refractivity (Wildman–Crippen MR) is 125 cm³/mol. The second-order valence-corrected chi connectivity index (χ2v) is 8.80. The molecule has 3 unspecified atom stereocenters. The van der Waals surface area contributed by atoms with Gasteiger partial charge in [0.15, 0.2) is 11.5 Å². The third kappa shape index (κ3) is 3.58. The molecule has 8 nitrogen and oxygen atoms in total. The maximum absolute atomic E-state index is 13.4. The molecule has 1 spiro atoms. The predicted octanol–water partition coefficient (Wildman–Crippen LogP) is 2.68. The zero-order chi connectivity index (χ0) is 23.9. The molecule has 2 amide bonds. The molecular weight excluding hydrogens is 436 g/mol. The number of rotatable bonds is 8. The lowest BCUT2D eigenvalue weighted by molar-refractivity contribution is -0.135. The lowest BCUT2D eigenvalue weighted by atomic mass is 9.77. The van der Waals surface area contributed by atoms with Gasteiger partial charge in [-0.3, -0.25) is 9.59 Å². The zero-order valence-electron chi connectivity index (χ0n) is 19.4. The van der Waals surface area contributed by atoms with E-state index in [1.807, 2.05) is 35.3 Å². The number of carbonyl (C=O) groups excluding carboxylic acids is 2. The molecule has 2 aromatic carbocycles. The van der Waals surface area contributed by atoms with Gasteiger partial charge in [-0.15, -0.1) is 0 Å². The van der Waals surface area contributed by atoms with Crippen LogP contribution < -0.4 is 19.5 Å². The summed E-state index contributed by atoms with van der Waals surface area (Å²) in [6.07, 6.45) is 4.20. The fourth-order valence-corrected chi connectivity index (χ4v) is 5.35. The summed E-state index contributed by atoms with van der Waals surface area (Å²) >= 11 is 0. The van der Waals surface area contributed by atoms with Gasteiger partial charge in [0.05, 0.1) is 45.8 Å². The van der Waals surface area contributed by atoms with E-state index < -0.39 is 23.5 Å². The van der Waals surface area contributed by atoms with Gasteiger partial charge >= 0.3 is 0 Å². The van der Waals surface area contributed by atoms with Crippen LogP contribution in [0.15, 0.2) is 54.6 Å². The Morgan fingerprint density at radius 2 is 1.82 bits per heavy atom. The van der Waals surface area contributed by atoms with Gasteiger partial charge in [-0.1, -0.05) is 42.5 Å². The standard InChI is InChI=1S/C26H28N2O6/c1-31-19-13-17(14-20(32-2)23(19)33-3)27-24(29)21-18-9-11-26(34-18)15-28(25(30)22(21)26)12-10-16-7-5-4-6-8-16/h4-9,11,13-14,18,21-22H,10,12,15H2,1-3H3,(H,27,29)/t18?,21?,22?,26-/m0/s1. The number of fused-ring (bicyclic) bond motifs is 1. The quantitative estimate of drug-likeness (QED) is 0.605. The number of anilines is 1. The van der Waals surface area contributed by atoms with Crippen molar-refractivity contribution in [2.75, 3.05) is 39.7 Å². The lowest BCUT2D eigenvalue weighted by Gasteiger charge is -2.24. The summed E-state index contributed by atoms with van der Waals surface area (Å²) in [6.45, 7) is 1.05. The number of methoxy groups -OCH3 is 3. The minimum atomic E-state index is -0.740. The molecule has 2 aromatic rings. The molecule has 3 heterocycles. The number of benzene rings is 2. The van der Waals surface area contributed by atoms with E-state index >= 15 is 0 Å². The number of hydrogen-bond acceptors (Lipinski definition) is 6. The molecule has 8 heteroatoms. The van der Waals surface area contributed by atoms with Gasteiger partial charge < -0.3 is 29.2 Å². The third-order valence-electron chi connectivity index (χ3n) is 6.93. The monoisotopic (exact) mass is 464 g/mol. The molecule has 3 aliphatic rings. The Labute approximate surface area is 198 Å². The highest BCUT2D eigenvalue weighted by atomic mass is 16.5. The molecule has 2 bridgehead atoms. The van der Waals surface area contributed by atoms with Crippen molar-refractivity contribution in [2.24, 2.45) is 11.8 Å². The average molecular weight is 465 g/mol. The maximum atomic E-state index is 13.4. The van der Waals surface area contributed by atoms with E-state index in [0.29, 0.717) is 36.0 Å². The van der Waals surface area contributed by atoms with Crippen molar-refractivity contribution < 1.29 is 28.5 Å². The van der Waals surface area contributed by atoms with Crippen LogP contribution in [0, 0.1) is 11.8 Å². The smallest absolute Gasteiger partial charge is 0.231 e. The van der Waals surface area contributed by atoms with E-state index in [4.69, 9.17) is 18.9 Å². The molecule has 0 saturated carbocycles. The zero-order valence-corrected chi connectivity index (χ0v) is 19.4. The normalized spacial score (nSPS) is 26.5. The number of likely N-dealkylation sites (tertiary alicyclic amines) is 1. The first-order valence-electron chi connectivity index (χ1n) is 11.3. The Kier molecular flexibility index (Phi) is 5.69. The summed E-state index contributed by atoms with van der Waals surface area (Å²) in [7, 11) is 4.55. The molecule has 0 aliphatic carbocycles. The van der Waals surface area contributed by atoms with Crippen molar-refractivity contribution in [3.8, 4) is 17.2 Å².